The first-order chi connectivity index (χ1) is 18.1. The molecule has 10 heteroatoms. The van der Waals surface area contributed by atoms with E-state index in [1.54, 1.807) is 14.2 Å². The number of aromatic nitrogens is 4. The predicted molar refractivity (Wildman–Crippen MR) is 144 cm³/mol. The van der Waals surface area contributed by atoms with Crippen LogP contribution in [0.25, 0.3) is 22.3 Å². The number of rotatable bonds is 10. The maximum Gasteiger partial charge on any atom is 0.320 e. The van der Waals surface area contributed by atoms with Crippen molar-refractivity contribution in [2.75, 3.05) is 46.3 Å². The van der Waals surface area contributed by atoms with E-state index in [-0.39, 0.29) is 11.8 Å². The summed E-state index contributed by atoms with van der Waals surface area (Å²) in [4.78, 5) is 15.7. The topological polar surface area (TPSA) is 101 Å². The average molecular weight is 523 g/mol. The number of fused-ring (bicyclic) bond motifs is 1. The molecule has 2 aromatic heterocycles. The smallest absolute Gasteiger partial charge is 0.320 e. The van der Waals surface area contributed by atoms with Crippen molar-refractivity contribution in [1.82, 2.24) is 24.4 Å². The molecular weight excluding hydrogens is 492 g/mol. The lowest BCUT2D eigenvalue weighted by Gasteiger charge is -2.15. The Morgan fingerprint density at radius 1 is 0.919 bits per heavy atom. The Bertz CT molecular complexity index is 1370. The molecule has 2 N–H and O–H groups in total. The van der Waals surface area contributed by atoms with E-state index in [0.29, 0.717) is 42.0 Å². The van der Waals surface area contributed by atoms with Crippen LogP contribution in [0.2, 0.25) is 5.02 Å². The third-order valence-electron chi connectivity index (χ3n) is 6.53. The molecule has 0 amide bonds. The van der Waals surface area contributed by atoms with E-state index in [0.717, 1.165) is 23.2 Å². The summed E-state index contributed by atoms with van der Waals surface area (Å²) in [5, 5.41) is 0.636. The monoisotopic (exact) mass is 522 g/mol. The molecule has 1 aliphatic rings. The van der Waals surface area contributed by atoms with Crippen LogP contribution >= 0.6 is 11.6 Å². The molecule has 0 spiro atoms. The first-order valence-electron chi connectivity index (χ1n) is 12.4. The molecule has 1 saturated heterocycles. The Hall–Kier alpha value is -3.40. The van der Waals surface area contributed by atoms with E-state index < -0.39 is 0 Å². The quantitative estimate of drug-likeness (QED) is 0.306. The van der Waals surface area contributed by atoms with E-state index in [9.17, 15) is 0 Å². The van der Waals surface area contributed by atoms with Crippen LogP contribution in [0.4, 0.5) is 5.82 Å². The summed E-state index contributed by atoms with van der Waals surface area (Å²) in [7, 11) is 3.15. The van der Waals surface area contributed by atoms with Crippen molar-refractivity contribution in [2.24, 2.45) is 0 Å². The Morgan fingerprint density at radius 2 is 1.68 bits per heavy atom. The van der Waals surface area contributed by atoms with Crippen molar-refractivity contribution in [3.63, 3.8) is 0 Å². The van der Waals surface area contributed by atoms with Gasteiger partial charge in [-0.25, -0.2) is 0 Å². The van der Waals surface area contributed by atoms with Gasteiger partial charge in [-0.3, -0.25) is 9.47 Å². The first-order valence-corrected chi connectivity index (χ1v) is 12.7. The van der Waals surface area contributed by atoms with E-state index in [2.05, 4.69) is 50.2 Å². The Morgan fingerprint density at radius 3 is 2.41 bits per heavy atom. The number of methoxy groups -OCH3 is 2. The minimum Gasteiger partial charge on any atom is -0.468 e. The van der Waals surface area contributed by atoms with Crippen molar-refractivity contribution in [3.8, 4) is 23.1 Å². The second-order valence-corrected chi connectivity index (χ2v) is 9.48. The highest BCUT2D eigenvalue weighted by molar-refractivity contribution is 6.31. The summed E-state index contributed by atoms with van der Waals surface area (Å²) in [5.41, 5.74) is 11.5. The number of benzene rings is 2. The van der Waals surface area contributed by atoms with Gasteiger partial charge in [-0.15, -0.1) is 0 Å². The molecular formula is C27H31ClN6O3. The second-order valence-electron chi connectivity index (χ2n) is 9.08. The largest absolute Gasteiger partial charge is 0.468 e. The van der Waals surface area contributed by atoms with E-state index in [1.165, 1.54) is 31.5 Å². The second kappa shape index (κ2) is 11.3. The minimum atomic E-state index is 0.153. The Kier molecular flexibility index (Phi) is 7.73. The van der Waals surface area contributed by atoms with Crippen LogP contribution in [-0.4, -0.2) is 64.9 Å². The summed E-state index contributed by atoms with van der Waals surface area (Å²) < 4.78 is 18.0. The van der Waals surface area contributed by atoms with Crippen molar-refractivity contribution < 1.29 is 14.2 Å². The average Bonchev–Trinajstić information content (AvgIpc) is 3.54. The molecule has 4 aromatic rings. The fourth-order valence-corrected chi connectivity index (χ4v) is 4.79. The predicted octanol–water partition coefficient (Wildman–Crippen LogP) is 4.41. The highest BCUT2D eigenvalue weighted by Crippen LogP contribution is 2.30. The van der Waals surface area contributed by atoms with Crippen LogP contribution in [0.15, 0.2) is 42.5 Å². The first kappa shape index (κ1) is 25.3. The van der Waals surface area contributed by atoms with Crippen LogP contribution < -0.4 is 15.2 Å². The minimum absolute atomic E-state index is 0.153. The number of anilines is 1. The zero-order valence-corrected chi connectivity index (χ0v) is 21.9. The van der Waals surface area contributed by atoms with Crippen molar-refractivity contribution >= 4 is 28.6 Å². The van der Waals surface area contributed by atoms with Gasteiger partial charge in [0, 0.05) is 18.7 Å². The zero-order valence-electron chi connectivity index (χ0n) is 21.1. The number of nitrogen functional groups attached to an aromatic ring is 1. The zero-order chi connectivity index (χ0) is 25.8. The molecule has 0 bridgehead atoms. The summed E-state index contributed by atoms with van der Waals surface area (Å²) in [6.45, 7) is 4.47. The van der Waals surface area contributed by atoms with Gasteiger partial charge in [0.1, 0.15) is 6.61 Å². The molecule has 0 radical (unpaired) electrons. The molecule has 37 heavy (non-hydrogen) atoms. The molecule has 1 aliphatic heterocycles. The summed E-state index contributed by atoms with van der Waals surface area (Å²) >= 11 is 6.64. The molecule has 1 fully saturated rings. The van der Waals surface area contributed by atoms with Crippen LogP contribution in [0, 0.1) is 0 Å². The van der Waals surface area contributed by atoms with Gasteiger partial charge in [0.05, 0.1) is 20.3 Å². The van der Waals surface area contributed by atoms with Gasteiger partial charge in [-0.05, 0) is 60.3 Å². The van der Waals surface area contributed by atoms with Crippen molar-refractivity contribution in [1.29, 1.82) is 0 Å². The van der Waals surface area contributed by atoms with Gasteiger partial charge in [0.15, 0.2) is 17.0 Å². The lowest BCUT2D eigenvalue weighted by Crippen LogP contribution is -2.18. The third-order valence-corrected chi connectivity index (χ3v) is 6.90. The molecule has 5 rings (SSSR count). The van der Waals surface area contributed by atoms with Gasteiger partial charge < -0.3 is 19.9 Å². The van der Waals surface area contributed by atoms with E-state index in [4.69, 9.17) is 31.5 Å². The molecule has 0 aliphatic carbocycles. The van der Waals surface area contributed by atoms with Crippen LogP contribution in [0.1, 0.15) is 24.0 Å². The van der Waals surface area contributed by atoms with Gasteiger partial charge in [0.25, 0.3) is 6.01 Å². The Labute approximate surface area is 221 Å². The molecule has 0 saturated carbocycles. The van der Waals surface area contributed by atoms with E-state index >= 15 is 0 Å². The summed E-state index contributed by atoms with van der Waals surface area (Å²) in [5.74, 6) is 0.211. The lowest BCUT2D eigenvalue weighted by molar-refractivity contribution is 0.141. The molecule has 194 valence electrons. The highest BCUT2D eigenvalue weighted by Gasteiger charge is 2.19. The van der Waals surface area contributed by atoms with Gasteiger partial charge in [-0.1, -0.05) is 41.9 Å². The van der Waals surface area contributed by atoms with Gasteiger partial charge in [0.2, 0.25) is 0 Å². The third kappa shape index (κ3) is 5.64. The fourth-order valence-electron chi connectivity index (χ4n) is 4.61. The molecule has 0 unspecified atom stereocenters. The van der Waals surface area contributed by atoms with Crippen molar-refractivity contribution in [2.45, 2.75) is 25.9 Å². The number of hydrogen-bond acceptors (Lipinski definition) is 8. The number of nitrogens with zero attached hydrogens (tertiary/aromatic N) is 5. The maximum atomic E-state index is 6.64. The molecule has 9 nitrogen and oxygen atoms in total. The van der Waals surface area contributed by atoms with E-state index in [1.807, 2.05) is 16.7 Å². The van der Waals surface area contributed by atoms with Crippen LogP contribution in [-0.2, 0) is 17.8 Å². The lowest BCUT2D eigenvalue weighted by atomic mass is 10.0. The molecule has 3 heterocycles. The van der Waals surface area contributed by atoms with Gasteiger partial charge >= 0.3 is 6.01 Å². The normalized spacial score (nSPS) is 13.9. The molecule has 2 aromatic carbocycles. The SMILES string of the molecule is COCCOc1nc(N)c2nc(OC)n(Cc3cc(-c4ccc(CN5CCCC5)cc4)ccc3Cl)c2n1. The number of ether oxygens (including phenoxy) is 3. The highest BCUT2D eigenvalue weighted by atomic mass is 35.5. The summed E-state index contributed by atoms with van der Waals surface area (Å²) in [6, 6.07) is 15.3. The maximum absolute atomic E-state index is 6.64. The number of halogens is 1. The molecule has 0 atom stereocenters. The summed E-state index contributed by atoms with van der Waals surface area (Å²) in [6.07, 6.45) is 2.59. The van der Waals surface area contributed by atoms with Crippen molar-refractivity contribution in [3.05, 3.63) is 58.6 Å². The Balaban J connectivity index is 1.43. The standard InChI is InChI=1S/C27H31ClN6O3/c1-35-13-14-37-26-31-24(29)23-25(32-26)34(27(30-23)36-2)17-21-15-20(9-10-22(21)28)19-7-5-18(6-8-19)16-33-11-3-4-12-33/h5-10,15H,3-4,11-14,16-17H2,1-2H3,(H2,29,31,32). The van der Waals surface area contributed by atoms with Crippen LogP contribution in [0.5, 0.6) is 12.0 Å². The van der Waals surface area contributed by atoms with Crippen LogP contribution in [0.3, 0.4) is 0 Å². The number of likely N-dealkylation sites (tertiary alicyclic amines) is 1. The number of hydrogen-bond donors (Lipinski definition) is 1. The van der Waals surface area contributed by atoms with Gasteiger partial charge in [-0.2, -0.15) is 15.0 Å². The number of imidazole rings is 1. The number of nitrogens with two attached hydrogens (primary N) is 1. The fraction of sp³-hybridized carbons (Fsp3) is 0.370.